The van der Waals surface area contributed by atoms with E-state index in [1.54, 1.807) is 0 Å². The van der Waals surface area contributed by atoms with E-state index in [-0.39, 0.29) is 11.3 Å². The third kappa shape index (κ3) is 1.91. The van der Waals surface area contributed by atoms with E-state index in [2.05, 4.69) is 9.72 Å². The summed E-state index contributed by atoms with van der Waals surface area (Å²) >= 11 is 0. The number of nitro groups is 1. The highest BCUT2D eigenvalue weighted by molar-refractivity contribution is 5.90. The molecule has 0 fully saturated rings. The fourth-order valence-corrected chi connectivity index (χ4v) is 1.71. The first-order valence-electron chi connectivity index (χ1n) is 5.06. The van der Waals surface area contributed by atoms with Crippen LogP contribution < -0.4 is 0 Å². The minimum Gasteiger partial charge on any atom is -0.467 e. The maximum Gasteiger partial charge on any atom is 0.339 e. The lowest BCUT2D eigenvalue weighted by molar-refractivity contribution is -0.384. The van der Waals surface area contributed by atoms with Crippen molar-refractivity contribution in [3.05, 3.63) is 40.1 Å². The monoisotopic (exact) mass is 250 g/mol. The number of carbonyl (C=O) groups is 1. The van der Waals surface area contributed by atoms with Gasteiger partial charge in [-0.05, 0) is 6.07 Å². The SMILES string of the molecule is COC(=O)C(O)c1c[nH]c2ccc([N+](=O)[O-])cc12. The normalized spacial score (nSPS) is 12.3. The van der Waals surface area contributed by atoms with E-state index in [1.807, 2.05) is 0 Å². The van der Waals surface area contributed by atoms with E-state index in [4.69, 9.17) is 0 Å². The van der Waals surface area contributed by atoms with Gasteiger partial charge in [0.1, 0.15) is 0 Å². The van der Waals surface area contributed by atoms with Gasteiger partial charge in [0, 0.05) is 34.8 Å². The van der Waals surface area contributed by atoms with Crippen LogP contribution in [0.25, 0.3) is 10.9 Å². The van der Waals surface area contributed by atoms with Crippen molar-refractivity contribution < 1.29 is 19.6 Å². The van der Waals surface area contributed by atoms with E-state index < -0.39 is 17.0 Å². The van der Waals surface area contributed by atoms with Gasteiger partial charge < -0.3 is 14.8 Å². The summed E-state index contributed by atoms with van der Waals surface area (Å²) in [5, 5.41) is 20.8. The molecule has 0 amide bonds. The molecule has 18 heavy (non-hydrogen) atoms. The number of hydrogen-bond donors (Lipinski definition) is 2. The van der Waals surface area contributed by atoms with Crippen LogP contribution in [0.4, 0.5) is 5.69 Å². The van der Waals surface area contributed by atoms with Gasteiger partial charge in [-0.15, -0.1) is 0 Å². The van der Waals surface area contributed by atoms with Gasteiger partial charge in [0.25, 0.3) is 5.69 Å². The highest BCUT2D eigenvalue weighted by atomic mass is 16.6. The number of hydrogen-bond acceptors (Lipinski definition) is 5. The number of aromatic nitrogens is 1. The topological polar surface area (TPSA) is 105 Å². The number of ether oxygens (including phenoxy) is 1. The van der Waals surface area contributed by atoms with Crippen LogP contribution in [0.15, 0.2) is 24.4 Å². The predicted octanol–water partition coefficient (Wildman–Crippen LogP) is 1.28. The van der Waals surface area contributed by atoms with Crippen LogP contribution in [0.5, 0.6) is 0 Å². The average molecular weight is 250 g/mol. The molecule has 0 radical (unpaired) electrons. The van der Waals surface area contributed by atoms with Crippen molar-refractivity contribution in [3.63, 3.8) is 0 Å². The Bertz CT molecular complexity index is 619. The van der Waals surface area contributed by atoms with Gasteiger partial charge in [-0.2, -0.15) is 0 Å². The predicted molar refractivity (Wildman–Crippen MR) is 61.9 cm³/mol. The summed E-state index contributed by atoms with van der Waals surface area (Å²) < 4.78 is 4.43. The van der Waals surface area contributed by atoms with Gasteiger partial charge in [-0.1, -0.05) is 0 Å². The number of aromatic amines is 1. The molecule has 1 aromatic carbocycles. The van der Waals surface area contributed by atoms with E-state index in [9.17, 15) is 20.0 Å². The third-order valence-electron chi connectivity index (χ3n) is 2.63. The number of carbonyl (C=O) groups excluding carboxylic acids is 1. The molecule has 2 rings (SSSR count). The van der Waals surface area contributed by atoms with Crippen LogP contribution in [0.2, 0.25) is 0 Å². The fraction of sp³-hybridized carbons (Fsp3) is 0.182. The molecule has 2 N–H and O–H groups in total. The van der Waals surface area contributed by atoms with Gasteiger partial charge >= 0.3 is 5.97 Å². The lowest BCUT2D eigenvalue weighted by atomic mass is 10.1. The highest BCUT2D eigenvalue weighted by Gasteiger charge is 2.22. The molecule has 7 heteroatoms. The number of nitrogens with zero attached hydrogens (tertiary/aromatic N) is 1. The summed E-state index contributed by atoms with van der Waals surface area (Å²) in [6.07, 6.45) is -0.0403. The van der Waals surface area contributed by atoms with Crippen LogP contribution in [0.1, 0.15) is 11.7 Å². The molecule has 7 nitrogen and oxygen atoms in total. The number of fused-ring (bicyclic) bond motifs is 1. The smallest absolute Gasteiger partial charge is 0.339 e. The van der Waals surface area contributed by atoms with Crippen molar-refractivity contribution in [3.8, 4) is 0 Å². The van der Waals surface area contributed by atoms with Crippen LogP contribution in [0, 0.1) is 10.1 Å². The van der Waals surface area contributed by atoms with Gasteiger partial charge in [-0.3, -0.25) is 10.1 Å². The Kier molecular flexibility index (Phi) is 2.99. The second-order valence-electron chi connectivity index (χ2n) is 3.66. The summed E-state index contributed by atoms with van der Waals surface area (Å²) in [6.45, 7) is 0. The number of benzene rings is 1. The number of H-pyrrole nitrogens is 1. The molecule has 1 atom stereocenters. The highest BCUT2D eigenvalue weighted by Crippen LogP contribution is 2.28. The number of non-ortho nitro benzene ring substituents is 1. The number of aliphatic hydroxyl groups excluding tert-OH is 1. The molecule has 0 aliphatic rings. The summed E-state index contributed by atoms with van der Waals surface area (Å²) in [6, 6.07) is 4.15. The van der Waals surface area contributed by atoms with Crippen LogP contribution >= 0.6 is 0 Å². The van der Waals surface area contributed by atoms with Crippen molar-refractivity contribution in [1.82, 2.24) is 4.98 Å². The molecule has 0 saturated carbocycles. The molecule has 2 aromatic rings. The average Bonchev–Trinajstić information content (AvgIpc) is 2.79. The molecular weight excluding hydrogens is 240 g/mol. The number of nitro benzene ring substituents is 1. The molecule has 0 aliphatic carbocycles. The van der Waals surface area contributed by atoms with E-state index in [1.165, 1.54) is 24.4 Å². The second-order valence-corrected chi connectivity index (χ2v) is 3.66. The molecule has 0 bridgehead atoms. The first-order valence-corrected chi connectivity index (χ1v) is 5.06. The number of methoxy groups -OCH3 is 1. The lowest BCUT2D eigenvalue weighted by Gasteiger charge is -2.06. The quantitative estimate of drug-likeness (QED) is 0.485. The first kappa shape index (κ1) is 12.1. The van der Waals surface area contributed by atoms with Crippen molar-refractivity contribution in [1.29, 1.82) is 0 Å². The Labute approximate surface area is 101 Å². The maximum absolute atomic E-state index is 11.3. The third-order valence-corrected chi connectivity index (χ3v) is 2.63. The van der Waals surface area contributed by atoms with E-state index >= 15 is 0 Å². The summed E-state index contributed by atoms with van der Waals surface area (Å²) in [7, 11) is 1.16. The van der Waals surface area contributed by atoms with Crippen LogP contribution in [0.3, 0.4) is 0 Å². The van der Waals surface area contributed by atoms with E-state index in [0.29, 0.717) is 10.9 Å². The minimum absolute atomic E-state index is 0.111. The van der Waals surface area contributed by atoms with Crippen molar-refractivity contribution >= 4 is 22.6 Å². The number of esters is 1. The Morgan fingerprint density at radius 1 is 1.56 bits per heavy atom. The first-order chi connectivity index (χ1) is 8.54. The Hall–Kier alpha value is -2.41. The Morgan fingerprint density at radius 2 is 2.28 bits per heavy atom. The Morgan fingerprint density at radius 3 is 2.89 bits per heavy atom. The number of nitrogens with one attached hydrogen (secondary N) is 1. The summed E-state index contributed by atoms with van der Waals surface area (Å²) in [5.41, 5.74) is 0.736. The molecular formula is C11H10N2O5. The van der Waals surface area contributed by atoms with Crippen molar-refractivity contribution in [2.45, 2.75) is 6.10 Å². The van der Waals surface area contributed by atoms with Gasteiger partial charge in [0.05, 0.1) is 12.0 Å². The zero-order valence-corrected chi connectivity index (χ0v) is 9.41. The Balaban J connectivity index is 2.55. The zero-order chi connectivity index (χ0) is 13.3. The lowest BCUT2D eigenvalue weighted by Crippen LogP contribution is -2.12. The molecule has 0 spiro atoms. The molecule has 0 saturated heterocycles. The summed E-state index contributed by atoms with van der Waals surface area (Å²) in [4.78, 5) is 24.2. The minimum atomic E-state index is -1.47. The van der Waals surface area contributed by atoms with Crippen molar-refractivity contribution in [2.75, 3.05) is 7.11 Å². The van der Waals surface area contributed by atoms with Gasteiger partial charge in [0.2, 0.25) is 0 Å². The largest absolute Gasteiger partial charge is 0.467 e. The number of rotatable bonds is 3. The van der Waals surface area contributed by atoms with Crippen molar-refractivity contribution in [2.24, 2.45) is 0 Å². The zero-order valence-electron chi connectivity index (χ0n) is 9.41. The molecule has 0 aliphatic heterocycles. The van der Waals surface area contributed by atoms with Gasteiger partial charge in [-0.25, -0.2) is 4.79 Å². The van der Waals surface area contributed by atoms with Crippen LogP contribution in [-0.2, 0) is 9.53 Å². The molecule has 1 unspecified atom stereocenters. The second kappa shape index (κ2) is 4.46. The maximum atomic E-state index is 11.3. The van der Waals surface area contributed by atoms with Crippen LogP contribution in [-0.4, -0.2) is 28.1 Å². The standard InChI is InChI=1S/C11H10N2O5/c1-18-11(15)10(14)8-5-12-9-3-2-6(13(16)17)4-7(8)9/h2-5,10,12,14H,1H3. The number of aliphatic hydroxyl groups is 1. The summed E-state index contributed by atoms with van der Waals surface area (Å²) in [5.74, 6) is -0.817. The molecule has 94 valence electrons. The van der Waals surface area contributed by atoms with E-state index in [0.717, 1.165) is 7.11 Å². The molecule has 1 heterocycles. The van der Waals surface area contributed by atoms with Gasteiger partial charge in [0.15, 0.2) is 6.10 Å². The molecule has 1 aromatic heterocycles. The fourth-order valence-electron chi connectivity index (χ4n) is 1.71.